The minimum atomic E-state index is -4.37. The van der Waals surface area contributed by atoms with Crippen molar-refractivity contribution in [2.45, 2.75) is 13.1 Å². The van der Waals surface area contributed by atoms with Gasteiger partial charge in [-0.2, -0.15) is 13.2 Å². The van der Waals surface area contributed by atoms with E-state index in [0.717, 1.165) is 12.1 Å². The third-order valence-corrected chi connectivity index (χ3v) is 3.45. The summed E-state index contributed by atoms with van der Waals surface area (Å²) >= 11 is 1.21. The predicted octanol–water partition coefficient (Wildman–Crippen LogP) is 4.51. The molecule has 0 N–H and O–H groups in total. The van der Waals surface area contributed by atoms with Crippen molar-refractivity contribution >= 4 is 29.5 Å². The molecule has 0 unspecified atom stereocenters. The molecule has 1 aromatic carbocycles. The van der Waals surface area contributed by atoms with E-state index in [0.29, 0.717) is 10.6 Å². The van der Waals surface area contributed by atoms with Crippen molar-refractivity contribution in [3.8, 4) is 0 Å². The highest BCUT2D eigenvalue weighted by molar-refractivity contribution is 7.10. The number of hydrogen-bond donors (Lipinski definition) is 0. The Balaban J connectivity index is 2.14. The molecule has 0 atom stereocenters. The third kappa shape index (κ3) is 4.17. The molecule has 0 aliphatic heterocycles. The van der Waals surface area contributed by atoms with Crippen LogP contribution in [0, 0.1) is 0 Å². The van der Waals surface area contributed by atoms with Gasteiger partial charge in [-0.15, -0.1) is 11.3 Å². The molecular weight excluding hydrogens is 315 g/mol. The van der Waals surface area contributed by atoms with Crippen LogP contribution in [-0.2, 0) is 10.9 Å². The Labute approximate surface area is 129 Å². The molecule has 0 bridgehead atoms. The summed E-state index contributed by atoms with van der Waals surface area (Å²) in [7, 11) is 0. The number of halogens is 3. The van der Waals surface area contributed by atoms with Crippen LogP contribution in [-0.4, -0.2) is 17.6 Å². The minimum absolute atomic E-state index is 0.190. The number of rotatable bonds is 4. The Morgan fingerprint density at radius 3 is 2.82 bits per heavy atom. The lowest BCUT2D eigenvalue weighted by molar-refractivity contribution is -0.137. The van der Waals surface area contributed by atoms with E-state index in [2.05, 4.69) is 4.98 Å². The smallest absolute Gasteiger partial charge is 0.416 e. The van der Waals surface area contributed by atoms with Gasteiger partial charge in [0.15, 0.2) is 5.69 Å². The van der Waals surface area contributed by atoms with Crippen LogP contribution in [0.3, 0.4) is 0 Å². The number of thiazole rings is 1. The number of carbonyl (C=O) groups excluding carboxylic acids is 1. The molecule has 2 rings (SSSR count). The van der Waals surface area contributed by atoms with Crippen molar-refractivity contribution in [1.82, 2.24) is 4.98 Å². The van der Waals surface area contributed by atoms with Crippen molar-refractivity contribution in [3.05, 3.63) is 51.5 Å². The van der Waals surface area contributed by atoms with Crippen LogP contribution < -0.4 is 0 Å². The molecule has 116 valence electrons. The molecule has 0 saturated heterocycles. The van der Waals surface area contributed by atoms with Crippen LogP contribution in [0.15, 0.2) is 29.6 Å². The zero-order chi connectivity index (χ0) is 16.2. The lowest BCUT2D eigenvalue weighted by Crippen LogP contribution is -2.04. The predicted molar refractivity (Wildman–Crippen MR) is 78.4 cm³/mol. The number of ether oxygens (including phenoxy) is 1. The van der Waals surface area contributed by atoms with E-state index in [9.17, 15) is 18.0 Å². The van der Waals surface area contributed by atoms with Gasteiger partial charge < -0.3 is 4.74 Å². The monoisotopic (exact) mass is 327 g/mol. The maximum atomic E-state index is 12.6. The van der Waals surface area contributed by atoms with E-state index in [-0.39, 0.29) is 12.3 Å². The summed E-state index contributed by atoms with van der Waals surface area (Å²) in [5, 5.41) is 2.06. The number of esters is 1. The summed E-state index contributed by atoms with van der Waals surface area (Å²) in [6, 6.07) is 4.97. The van der Waals surface area contributed by atoms with E-state index in [4.69, 9.17) is 4.74 Å². The lowest BCUT2D eigenvalue weighted by Gasteiger charge is -2.06. The second kappa shape index (κ2) is 6.74. The van der Waals surface area contributed by atoms with Gasteiger partial charge in [0.2, 0.25) is 0 Å². The quantitative estimate of drug-likeness (QED) is 0.776. The average molecular weight is 327 g/mol. The van der Waals surface area contributed by atoms with E-state index < -0.39 is 17.7 Å². The maximum Gasteiger partial charge on any atom is 0.416 e. The van der Waals surface area contributed by atoms with Gasteiger partial charge in [-0.3, -0.25) is 0 Å². The Morgan fingerprint density at radius 1 is 1.36 bits per heavy atom. The molecule has 2 aromatic rings. The topological polar surface area (TPSA) is 39.2 Å². The summed E-state index contributed by atoms with van der Waals surface area (Å²) in [4.78, 5) is 15.5. The molecule has 7 heteroatoms. The third-order valence-electron chi connectivity index (χ3n) is 2.64. The summed E-state index contributed by atoms with van der Waals surface area (Å²) < 4.78 is 42.6. The van der Waals surface area contributed by atoms with Gasteiger partial charge in [0.25, 0.3) is 0 Å². The molecule has 3 nitrogen and oxygen atoms in total. The molecule has 0 spiro atoms. The number of nitrogens with zero attached hydrogens (tertiary/aromatic N) is 1. The standard InChI is InChI=1S/C15H12F3NO2S/c1-2-21-14(20)12-9-22-13(19-12)7-6-10-4-3-5-11(8-10)15(16,17)18/h3-9H,2H2,1H3/b7-6+. The Kier molecular flexibility index (Phi) is 4.97. The van der Waals surface area contributed by atoms with Crippen LogP contribution in [0.25, 0.3) is 12.2 Å². The zero-order valence-electron chi connectivity index (χ0n) is 11.6. The SMILES string of the molecule is CCOC(=O)c1csc(/C=C/c2cccc(C(F)(F)F)c2)n1. The Morgan fingerprint density at radius 2 is 2.14 bits per heavy atom. The molecule has 0 radical (unpaired) electrons. The first kappa shape index (κ1) is 16.2. The highest BCUT2D eigenvalue weighted by Gasteiger charge is 2.30. The average Bonchev–Trinajstić information content (AvgIpc) is 2.94. The van der Waals surface area contributed by atoms with Gasteiger partial charge >= 0.3 is 12.1 Å². The summed E-state index contributed by atoms with van der Waals surface area (Å²) in [5.41, 5.74) is -0.112. The number of alkyl halides is 3. The van der Waals surface area contributed by atoms with Crippen molar-refractivity contribution in [1.29, 1.82) is 0 Å². The molecule has 0 amide bonds. The van der Waals surface area contributed by atoms with Gasteiger partial charge in [-0.1, -0.05) is 18.2 Å². The Hall–Kier alpha value is -2.15. The fraction of sp³-hybridized carbons (Fsp3) is 0.200. The van der Waals surface area contributed by atoms with Gasteiger partial charge in [0.1, 0.15) is 5.01 Å². The van der Waals surface area contributed by atoms with Crippen molar-refractivity contribution in [2.24, 2.45) is 0 Å². The molecule has 0 aliphatic rings. The van der Waals surface area contributed by atoms with E-state index >= 15 is 0 Å². The largest absolute Gasteiger partial charge is 0.461 e. The lowest BCUT2D eigenvalue weighted by atomic mass is 10.1. The van der Waals surface area contributed by atoms with Crippen LogP contribution in [0.1, 0.15) is 33.5 Å². The zero-order valence-corrected chi connectivity index (χ0v) is 12.4. The minimum Gasteiger partial charge on any atom is -0.461 e. The number of hydrogen-bond acceptors (Lipinski definition) is 4. The maximum absolute atomic E-state index is 12.6. The van der Waals surface area contributed by atoms with E-state index in [1.807, 2.05) is 0 Å². The van der Waals surface area contributed by atoms with E-state index in [1.165, 1.54) is 23.5 Å². The molecule has 1 aromatic heterocycles. The highest BCUT2D eigenvalue weighted by atomic mass is 32.1. The first-order chi connectivity index (χ1) is 10.4. The van der Waals surface area contributed by atoms with Crippen LogP contribution >= 0.6 is 11.3 Å². The highest BCUT2D eigenvalue weighted by Crippen LogP contribution is 2.29. The van der Waals surface area contributed by atoms with Crippen molar-refractivity contribution < 1.29 is 22.7 Å². The fourth-order valence-electron chi connectivity index (χ4n) is 1.65. The first-order valence-electron chi connectivity index (χ1n) is 6.38. The van der Waals surface area contributed by atoms with Gasteiger partial charge in [0, 0.05) is 5.38 Å². The van der Waals surface area contributed by atoms with Gasteiger partial charge in [-0.05, 0) is 30.7 Å². The number of aromatic nitrogens is 1. The molecule has 0 aliphatic carbocycles. The fourth-order valence-corrected chi connectivity index (χ4v) is 2.33. The van der Waals surface area contributed by atoms with Gasteiger partial charge in [0.05, 0.1) is 12.2 Å². The molecular formula is C15H12F3NO2S. The second-order valence-electron chi connectivity index (χ2n) is 4.25. The summed E-state index contributed by atoms with van der Waals surface area (Å²) in [6.07, 6.45) is -1.30. The number of carbonyl (C=O) groups is 1. The van der Waals surface area contributed by atoms with Gasteiger partial charge in [-0.25, -0.2) is 9.78 Å². The first-order valence-corrected chi connectivity index (χ1v) is 7.26. The van der Waals surface area contributed by atoms with Crippen LogP contribution in [0.2, 0.25) is 0 Å². The number of benzene rings is 1. The molecule has 22 heavy (non-hydrogen) atoms. The van der Waals surface area contributed by atoms with Crippen molar-refractivity contribution in [3.63, 3.8) is 0 Å². The Bertz CT molecular complexity index is 692. The van der Waals surface area contributed by atoms with Crippen molar-refractivity contribution in [2.75, 3.05) is 6.61 Å². The van der Waals surface area contributed by atoms with Crippen LogP contribution in [0.5, 0.6) is 0 Å². The molecule has 1 heterocycles. The molecule has 0 fully saturated rings. The summed E-state index contributed by atoms with van der Waals surface area (Å²) in [5.74, 6) is -0.516. The normalized spacial score (nSPS) is 11.8. The van der Waals surface area contributed by atoms with E-state index in [1.54, 1.807) is 24.4 Å². The van der Waals surface area contributed by atoms with Crippen LogP contribution in [0.4, 0.5) is 13.2 Å². The second-order valence-corrected chi connectivity index (χ2v) is 5.14. The molecule has 0 saturated carbocycles. The summed E-state index contributed by atoms with van der Waals surface area (Å²) in [6.45, 7) is 1.95.